The Morgan fingerprint density at radius 3 is 2.84 bits per heavy atom. The molecule has 0 bridgehead atoms. The molecule has 19 heavy (non-hydrogen) atoms. The largest absolute Gasteiger partial charge is 0.460 e. The highest BCUT2D eigenvalue weighted by Crippen LogP contribution is 2.33. The molecule has 1 aromatic carbocycles. The first-order valence-corrected chi connectivity index (χ1v) is 8.10. The summed E-state index contributed by atoms with van der Waals surface area (Å²) in [5.41, 5.74) is 2.43. The second-order valence-corrected chi connectivity index (χ2v) is 6.07. The average molecular weight is 372 g/mol. The summed E-state index contributed by atoms with van der Waals surface area (Å²) in [7, 11) is 0. The van der Waals surface area contributed by atoms with E-state index in [0.717, 1.165) is 38.0 Å². The van der Waals surface area contributed by atoms with Crippen molar-refractivity contribution >= 4 is 28.7 Å². The van der Waals surface area contributed by atoms with Gasteiger partial charge in [0, 0.05) is 9.13 Å². The van der Waals surface area contributed by atoms with E-state index < -0.39 is 0 Å². The normalized spacial score (nSPS) is 17.6. The molecule has 1 atom stereocenters. The van der Waals surface area contributed by atoms with Crippen molar-refractivity contribution in [1.29, 1.82) is 0 Å². The van der Waals surface area contributed by atoms with Gasteiger partial charge >= 0.3 is 0 Å². The molecule has 0 fully saturated rings. The first kappa shape index (κ1) is 14.9. The van der Waals surface area contributed by atoms with Crippen LogP contribution < -0.4 is 4.74 Å². The first-order chi connectivity index (χ1) is 9.24. The highest BCUT2D eigenvalue weighted by Gasteiger charge is 2.22. The van der Waals surface area contributed by atoms with Crippen LogP contribution in [0.2, 0.25) is 0 Å². The van der Waals surface area contributed by atoms with E-state index >= 15 is 0 Å². The predicted octanol–water partition coefficient (Wildman–Crippen LogP) is 5.01. The number of unbranched alkanes of at least 4 members (excludes halogenated alkanes) is 1. The van der Waals surface area contributed by atoms with Crippen molar-refractivity contribution in [3.63, 3.8) is 0 Å². The van der Waals surface area contributed by atoms with E-state index in [1.165, 1.54) is 14.7 Å². The number of halogens is 1. The van der Waals surface area contributed by atoms with Crippen molar-refractivity contribution in [3.05, 3.63) is 32.9 Å². The molecule has 0 radical (unpaired) electrons. The average Bonchev–Trinajstić information content (AvgIpc) is 2.40. The Bertz CT molecular complexity index is 454. The lowest BCUT2D eigenvalue weighted by Gasteiger charge is -2.27. The van der Waals surface area contributed by atoms with Gasteiger partial charge in [-0.25, -0.2) is 0 Å². The van der Waals surface area contributed by atoms with Gasteiger partial charge in [-0.15, -0.1) is 0 Å². The van der Waals surface area contributed by atoms with Gasteiger partial charge in [0.05, 0.1) is 6.61 Å². The fraction of sp³-hybridized carbons (Fsp3) is 0.500. The van der Waals surface area contributed by atoms with Crippen LogP contribution in [0.15, 0.2) is 23.8 Å². The maximum absolute atomic E-state index is 6.00. The Morgan fingerprint density at radius 1 is 1.26 bits per heavy atom. The molecule has 0 N–H and O–H groups in total. The van der Waals surface area contributed by atoms with Crippen molar-refractivity contribution < 1.29 is 9.47 Å². The zero-order chi connectivity index (χ0) is 13.7. The van der Waals surface area contributed by atoms with Gasteiger partial charge in [0.25, 0.3) is 0 Å². The second-order valence-electron chi connectivity index (χ2n) is 4.83. The Balaban J connectivity index is 2.16. The van der Waals surface area contributed by atoms with Gasteiger partial charge in [0.2, 0.25) is 6.29 Å². The third-order valence-corrected chi connectivity index (χ3v) is 3.83. The minimum Gasteiger partial charge on any atom is -0.460 e. The summed E-state index contributed by atoms with van der Waals surface area (Å²) >= 11 is 2.33. The number of hydrogen-bond donors (Lipinski definition) is 0. The molecule has 0 aromatic heterocycles. The van der Waals surface area contributed by atoms with Gasteiger partial charge in [0.15, 0.2) is 0 Å². The van der Waals surface area contributed by atoms with Crippen LogP contribution in [0.25, 0.3) is 6.08 Å². The summed E-state index contributed by atoms with van der Waals surface area (Å²) in [6, 6.07) is 6.27. The van der Waals surface area contributed by atoms with Crippen molar-refractivity contribution in [2.45, 2.75) is 45.8 Å². The zero-order valence-electron chi connectivity index (χ0n) is 11.6. The molecule has 0 saturated heterocycles. The molecule has 1 heterocycles. The minimum absolute atomic E-state index is 0.195. The summed E-state index contributed by atoms with van der Waals surface area (Å²) < 4.78 is 13.1. The van der Waals surface area contributed by atoms with Crippen LogP contribution in [0.4, 0.5) is 0 Å². The van der Waals surface area contributed by atoms with E-state index in [4.69, 9.17) is 9.47 Å². The maximum atomic E-state index is 6.00. The summed E-state index contributed by atoms with van der Waals surface area (Å²) in [4.78, 5) is 0. The molecule has 1 aliphatic heterocycles. The molecule has 1 aromatic rings. The quantitative estimate of drug-likeness (QED) is 0.516. The number of ether oxygens (including phenoxy) is 2. The highest BCUT2D eigenvalue weighted by atomic mass is 127. The summed E-state index contributed by atoms with van der Waals surface area (Å²) in [6.07, 6.45) is 6.41. The lowest BCUT2D eigenvalue weighted by atomic mass is 10.0. The molecular weight excluding hydrogens is 351 g/mol. The van der Waals surface area contributed by atoms with E-state index in [-0.39, 0.29) is 6.29 Å². The molecule has 0 amide bonds. The summed E-state index contributed by atoms with van der Waals surface area (Å²) in [5, 5.41) is 0. The monoisotopic (exact) mass is 372 g/mol. The second kappa shape index (κ2) is 7.29. The van der Waals surface area contributed by atoms with Crippen LogP contribution >= 0.6 is 22.6 Å². The lowest BCUT2D eigenvalue weighted by molar-refractivity contribution is -0.0579. The van der Waals surface area contributed by atoms with Gasteiger partial charge in [-0.1, -0.05) is 26.7 Å². The Labute approximate surface area is 129 Å². The van der Waals surface area contributed by atoms with E-state index in [1.807, 2.05) is 6.07 Å². The van der Waals surface area contributed by atoms with Crippen LogP contribution in [0.1, 0.15) is 45.1 Å². The Morgan fingerprint density at radius 2 is 2.11 bits per heavy atom. The SMILES string of the molecule is CCCCOC1Oc2ccc(I)cc2C=C1CCC. The van der Waals surface area contributed by atoms with Crippen LogP contribution in [0, 0.1) is 3.57 Å². The van der Waals surface area contributed by atoms with Crippen molar-refractivity contribution in [2.24, 2.45) is 0 Å². The molecule has 0 aliphatic carbocycles. The molecule has 1 unspecified atom stereocenters. The van der Waals surface area contributed by atoms with Crippen LogP contribution in [-0.2, 0) is 4.74 Å². The molecule has 1 aliphatic rings. The Hall–Kier alpha value is -0.550. The Kier molecular flexibility index (Phi) is 5.70. The van der Waals surface area contributed by atoms with Gasteiger partial charge in [-0.3, -0.25) is 0 Å². The molecule has 3 heteroatoms. The fourth-order valence-corrected chi connectivity index (χ4v) is 2.67. The van der Waals surface area contributed by atoms with E-state index in [0.29, 0.717) is 0 Å². The summed E-state index contributed by atoms with van der Waals surface area (Å²) in [5.74, 6) is 0.932. The molecule has 0 saturated carbocycles. The van der Waals surface area contributed by atoms with Gasteiger partial charge in [-0.05, 0) is 65.3 Å². The standard InChI is InChI=1S/C16H21IO2/c1-3-5-9-18-16-12(6-4-2)10-13-11-14(17)7-8-15(13)19-16/h7-8,10-11,16H,3-6,9H2,1-2H3. The smallest absolute Gasteiger partial charge is 0.223 e. The highest BCUT2D eigenvalue weighted by molar-refractivity contribution is 14.1. The van der Waals surface area contributed by atoms with Crippen molar-refractivity contribution in [1.82, 2.24) is 0 Å². The van der Waals surface area contributed by atoms with E-state index in [1.54, 1.807) is 0 Å². The molecule has 2 rings (SSSR count). The lowest BCUT2D eigenvalue weighted by Crippen LogP contribution is -2.26. The third kappa shape index (κ3) is 3.96. The number of fused-ring (bicyclic) bond motifs is 1. The van der Waals surface area contributed by atoms with Gasteiger partial charge in [-0.2, -0.15) is 0 Å². The summed E-state index contributed by atoms with van der Waals surface area (Å²) in [6.45, 7) is 5.13. The maximum Gasteiger partial charge on any atom is 0.223 e. The minimum atomic E-state index is -0.195. The molecule has 0 spiro atoms. The first-order valence-electron chi connectivity index (χ1n) is 7.03. The van der Waals surface area contributed by atoms with Crippen LogP contribution in [0.5, 0.6) is 5.75 Å². The van der Waals surface area contributed by atoms with Gasteiger partial charge < -0.3 is 9.47 Å². The van der Waals surface area contributed by atoms with E-state index in [9.17, 15) is 0 Å². The molecular formula is C16H21IO2. The topological polar surface area (TPSA) is 18.5 Å². The molecule has 2 nitrogen and oxygen atoms in total. The van der Waals surface area contributed by atoms with Crippen molar-refractivity contribution in [2.75, 3.05) is 6.61 Å². The van der Waals surface area contributed by atoms with E-state index in [2.05, 4.69) is 54.6 Å². The predicted molar refractivity (Wildman–Crippen MR) is 87.3 cm³/mol. The number of hydrogen-bond acceptors (Lipinski definition) is 2. The molecule has 104 valence electrons. The zero-order valence-corrected chi connectivity index (χ0v) is 13.8. The third-order valence-electron chi connectivity index (χ3n) is 3.16. The van der Waals surface area contributed by atoms with Crippen LogP contribution in [-0.4, -0.2) is 12.9 Å². The van der Waals surface area contributed by atoms with Gasteiger partial charge in [0.1, 0.15) is 5.75 Å². The number of rotatable bonds is 6. The fourth-order valence-electron chi connectivity index (χ4n) is 2.15. The number of benzene rings is 1. The van der Waals surface area contributed by atoms with Crippen molar-refractivity contribution in [3.8, 4) is 5.75 Å². The van der Waals surface area contributed by atoms with Crippen LogP contribution in [0.3, 0.4) is 0 Å².